The molecule has 0 bridgehead atoms. The van der Waals surface area contributed by atoms with Crippen LogP contribution in [0.5, 0.6) is 5.75 Å². The number of alkyl halides is 2. The molecule has 0 amide bonds. The predicted octanol–water partition coefficient (Wildman–Crippen LogP) is 4.21. The molecule has 5 nitrogen and oxygen atoms in total. The van der Waals surface area contributed by atoms with Crippen LogP contribution in [0, 0.1) is 5.92 Å². The summed E-state index contributed by atoms with van der Waals surface area (Å²) in [5.41, 5.74) is 3.76. The molecule has 1 unspecified atom stereocenters. The van der Waals surface area contributed by atoms with E-state index in [-0.39, 0.29) is 24.8 Å². The van der Waals surface area contributed by atoms with Crippen LogP contribution in [0.15, 0.2) is 87.4 Å². The van der Waals surface area contributed by atoms with Crippen LogP contribution in [0.4, 0.5) is 8.78 Å². The van der Waals surface area contributed by atoms with Crippen molar-refractivity contribution in [2.45, 2.75) is 19.5 Å². The number of ether oxygens (including phenoxy) is 1. The van der Waals surface area contributed by atoms with E-state index in [0.717, 1.165) is 23.4 Å². The molecule has 2 aliphatic heterocycles. The molecule has 0 radical (unpaired) electrons. The van der Waals surface area contributed by atoms with Crippen molar-refractivity contribution in [1.29, 1.82) is 0 Å². The molecule has 2 aromatic rings. The number of aromatic nitrogens is 1. The van der Waals surface area contributed by atoms with Crippen molar-refractivity contribution in [3.05, 3.63) is 93.6 Å². The molecule has 1 aromatic carbocycles. The summed E-state index contributed by atoms with van der Waals surface area (Å²) in [6, 6.07) is 12.8. The minimum atomic E-state index is -2.59. The van der Waals surface area contributed by atoms with Gasteiger partial charge in [-0.05, 0) is 41.0 Å². The van der Waals surface area contributed by atoms with E-state index in [1.54, 1.807) is 24.4 Å². The highest BCUT2D eigenvalue weighted by atomic mass is 35.5. The Kier molecular flexibility index (Phi) is 6.39. The van der Waals surface area contributed by atoms with Gasteiger partial charge in [0.05, 0.1) is 11.6 Å². The second-order valence-corrected chi connectivity index (χ2v) is 7.68. The van der Waals surface area contributed by atoms with Crippen LogP contribution >= 0.6 is 12.4 Å². The molecule has 3 heterocycles. The molecule has 1 saturated heterocycles. The van der Waals surface area contributed by atoms with Gasteiger partial charge in [0.2, 0.25) is 6.43 Å². The number of rotatable bonds is 5. The monoisotopic (exact) mass is 457 g/mol. The standard InChI is InChI=1S/C24H21F2N3O2.ClH/c25-23(26)17-11-16(12-20-22(17)18-13-27-9-8-19(18)28-20)29-10-4-7-21(24(29)30)31-14-15-5-2-1-3-6-15;/h1-7,10-12,17,23,27H,8-9,13-14H2;1H. The molecule has 1 N–H and O–H groups in total. The van der Waals surface area contributed by atoms with Crippen molar-refractivity contribution in [2.24, 2.45) is 10.9 Å². The Bertz CT molecular complexity index is 1200. The van der Waals surface area contributed by atoms with Gasteiger partial charge >= 0.3 is 0 Å². The lowest BCUT2D eigenvalue weighted by molar-refractivity contribution is 0.116. The lowest BCUT2D eigenvalue weighted by Gasteiger charge is -2.24. The van der Waals surface area contributed by atoms with Crippen LogP contribution in [-0.2, 0) is 6.61 Å². The summed E-state index contributed by atoms with van der Waals surface area (Å²) in [6.45, 7) is 1.57. The Balaban J connectivity index is 0.00000245. The zero-order valence-corrected chi connectivity index (χ0v) is 17.9. The van der Waals surface area contributed by atoms with Crippen LogP contribution in [-0.4, -0.2) is 29.8 Å². The third-order valence-corrected chi connectivity index (χ3v) is 5.71. The van der Waals surface area contributed by atoms with Crippen molar-refractivity contribution in [3.8, 4) is 5.75 Å². The fraction of sp³-hybridized carbons (Fsp3) is 0.250. The number of halogens is 3. The molecule has 166 valence electrons. The van der Waals surface area contributed by atoms with E-state index < -0.39 is 17.9 Å². The molecule has 1 aromatic heterocycles. The van der Waals surface area contributed by atoms with Gasteiger partial charge in [0, 0.05) is 37.1 Å². The van der Waals surface area contributed by atoms with Gasteiger partial charge in [-0.2, -0.15) is 0 Å². The fourth-order valence-corrected chi connectivity index (χ4v) is 4.22. The quantitative estimate of drug-likeness (QED) is 0.731. The van der Waals surface area contributed by atoms with Crippen molar-refractivity contribution in [1.82, 2.24) is 9.88 Å². The first kappa shape index (κ1) is 22.2. The maximum atomic E-state index is 14.0. The Morgan fingerprint density at radius 3 is 2.78 bits per heavy atom. The number of fused-ring (bicyclic) bond motifs is 2. The summed E-state index contributed by atoms with van der Waals surface area (Å²) < 4.78 is 35.1. The zero-order chi connectivity index (χ0) is 21.4. The van der Waals surface area contributed by atoms with E-state index in [1.807, 2.05) is 30.3 Å². The minimum absolute atomic E-state index is 0. The first-order valence-corrected chi connectivity index (χ1v) is 10.2. The number of nitrogens with zero attached hydrogens (tertiary/aromatic N) is 2. The number of pyridine rings is 1. The van der Waals surface area contributed by atoms with Gasteiger partial charge in [-0.25, -0.2) is 8.78 Å². The van der Waals surface area contributed by atoms with E-state index in [9.17, 15) is 13.6 Å². The smallest absolute Gasteiger partial charge is 0.297 e. The summed E-state index contributed by atoms with van der Waals surface area (Å²) in [4.78, 5) is 17.6. The van der Waals surface area contributed by atoms with Crippen LogP contribution in [0.2, 0.25) is 0 Å². The SMILES string of the molecule is Cl.O=c1c(OCc2ccccc2)cccn1C1=CC(C(F)F)C2=C3CNCCC3=NC2=C1. The molecular weight excluding hydrogens is 436 g/mol. The number of hydrogen-bond acceptors (Lipinski definition) is 4. The highest BCUT2D eigenvalue weighted by molar-refractivity contribution is 6.06. The van der Waals surface area contributed by atoms with E-state index in [1.165, 1.54) is 10.6 Å². The summed E-state index contributed by atoms with van der Waals surface area (Å²) in [5.74, 6) is -0.939. The highest BCUT2D eigenvalue weighted by Gasteiger charge is 2.36. The lowest BCUT2D eigenvalue weighted by Crippen LogP contribution is -2.31. The van der Waals surface area contributed by atoms with Gasteiger partial charge in [0.1, 0.15) is 6.61 Å². The summed E-state index contributed by atoms with van der Waals surface area (Å²) in [7, 11) is 0. The Labute approximate surface area is 190 Å². The van der Waals surface area contributed by atoms with Crippen LogP contribution in [0.3, 0.4) is 0 Å². The average Bonchev–Trinajstić information content (AvgIpc) is 3.17. The third-order valence-electron chi connectivity index (χ3n) is 5.71. The number of allylic oxidation sites excluding steroid dienone is 4. The van der Waals surface area contributed by atoms with Crippen molar-refractivity contribution < 1.29 is 13.5 Å². The van der Waals surface area contributed by atoms with E-state index in [2.05, 4.69) is 10.3 Å². The number of piperidine rings is 1. The number of benzene rings is 1. The van der Waals surface area contributed by atoms with Gasteiger partial charge < -0.3 is 10.1 Å². The molecule has 8 heteroatoms. The van der Waals surface area contributed by atoms with Crippen LogP contribution < -0.4 is 15.6 Å². The second kappa shape index (κ2) is 9.22. The van der Waals surface area contributed by atoms with Gasteiger partial charge in [-0.3, -0.25) is 14.4 Å². The van der Waals surface area contributed by atoms with Crippen molar-refractivity contribution in [3.63, 3.8) is 0 Å². The maximum absolute atomic E-state index is 14.0. The lowest BCUT2D eigenvalue weighted by atomic mass is 9.86. The fourth-order valence-electron chi connectivity index (χ4n) is 4.22. The third kappa shape index (κ3) is 4.06. The largest absolute Gasteiger partial charge is 0.483 e. The zero-order valence-electron chi connectivity index (χ0n) is 17.1. The Morgan fingerprint density at radius 2 is 2.00 bits per heavy atom. The molecular formula is C24H22ClF2N3O2. The number of hydrogen-bond donors (Lipinski definition) is 1. The minimum Gasteiger partial charge on any atom is -0.483 e. The average molecular weight is 458 g/mol. The Hall–Kier alpha value is -3.03. The molecule has 32 heavy (non-hydrogen) atoms. The van der Waals surface area contributed by atoms with E-state index in [0.29, 0.717) is 29.9 Å². The highest BCUT2D eigenvalue weighted by Crippen LogP contribution is 2.41. The first-order valence-electron chi connectivity index (χ1n) is 10.2. The molecule has 0 saturated carbocycles. The van der Waals surface area contributed by atoms with E-state index in [4.69, 9.17) is 4.74 Å². The predicted molar refractivity (Wildman–Crippen MR) is 123 cm³/mol. The van der Waals surface area contributed by atoms with Gasteiger partial charge in [-0.1, -0.05) is 30.3 Å². The molecule has 1 aliphatic carbocycles. The van der Waals surface area contributed by atoms with Gasteiger partial charge in [0.25, 0.3) is 5.56 Å². The molecule has 3 aliphatic rings. The molecule has 1 fully saturated rings. The summed E-state index contributed by atoms with van der Waals surface area (Å²) >= 11 is 0. The van der Waals surface area contributed by atoms with Gasteiger partial charge in [0.15, 0.2) is 5.75 Å². The summed E-state index contributed by atoms with van der Waals surface area (Å²) in [6.07, 6.45) is 2.87. The van der Waals surface area contributed by atoms with Crippen LogP contribution in [0.1, 0.15) is 12.0 Å². The molecule has 0 spiro atoms. The van der Waals surface area contributed by atoms with E-state index >= 15 is 0 Å². The number of aliphatic imine (C=N–C) groups is 1. The molecule has 5 rings (SSSR count). The Morgan fingerprint density at radius 1 is 1.19 bits per heavy atom. The number of nitrogens with one attached hydrogen (secondary N) is 1. The summed E-state index contributed by atoms with van der Waals surface area (Å²) in [5, 5.41) is 3.23. The van der Waals surface area contributed by atoms with Gasteiger partial charge in [-0.15, -0.1) is 12.4 Å². The molecule has 1 atom stereocenters. The second-order valence-electron chi connectivity index (χ2n) is 7.68. The first-order chi connectivity index (χ1) is 15.1. The maximum Gasteiger partial charge on any atom is 0.297 e. The van der Waals surface area contributed by atoms with Crippen molar-refractivity contribution in [2.75, 3.05) is 13.1 Å². The topological polar surface area (TPSA) is 55.6 Å². The normalized spacial score (nSPS) is 19.5. The van der Waals surface area contributed by atoms with Crippen molar-refractivity contribution >= 4 is 23.8 Å². The van der Waals surface area contributed by atoms with Crippen LogP contribution in [0.25, 0.3) is 5.70 Å².